The molecule has 0 saturated carbocycles. The molecule has 2 aromatic rings. The van der Waals surface area contributed by atoms with Gasteiger partial charge < -0.3 is 10.4 Å². The number of hydrogen-bond acceptors (Lipinski definition) is 5. The van der Waals surface area contributed by atoms with E-state index in [4.69, 9.17) is 5.11 Å². The number of benzene rings is 1. The molecular weight excluding hydrogens is 274 g/mol. The lowest BCUT2D eigenvalue weighted by Crippen LogP contribution is -2.14. The molecule has 1 aromatic heterocycles. The van der Waals surface area contributed by atoms with Crippen LogP contribution >= 0.6 is 0 Å². The van der Waals surface area contributed by atoms with E-state index in [0.29, 0.717) is 18.8 Å². The fourth-order valence-electron chi connectivity index (χ4n) is 1.77. The zero-order valence-electron chi connectivity index (χ0n) is 11.0. The van der Waals surface area contributed by atoms with Gasteiger partial charge in [0.25, 0.3) is 5.69 Å². The number of nitrogens with one attached hydrogen (secondary N) is 1. The summed E-state index contributed by atoms with van der Waals surface area (Å²) in [4.78, 5) is 24.9. The Hall–Kier alpha value is -2.80. The number of rotatable bonds is 6. The molecule has 2 rings (SSSR count). The van der Waals surface area contributed by atoms with Crippen LogP contribution in [0.2, 0.25) is 0 Å². The average Bonchev–Trinajstić information content (AvgIpc) is 2.48. The first-order valence-corrected chi connectivity index (χ1v) is 6.18. The molecule has 0 saturated heterocycles. The zero-order chi connectivity index (χ0) is 15.2. The monoisotopic (exact) mass is 287 g/mol. The fraction of sp³-hybridized carbons (Fsp3) is 0.143. The standard InChI is InChI=1S/C14H13N3O4/c18-14(19)11-4-5-12(16-8-11)9-15-7-10-2-1-3-13(6-10)17(20)21/h1-6,8,15H,7,9H2,(H,18,19). The first-order chi connectivity index (χ1) is 10.1. The second-order valence-electron chi connectivity index (χ2n) is 4.37. The first-order valence-electron chi connectivity index (χ1n) is 6.18. The number of nitro benzene ring substituents is 1. The highest BCUT2D eigenvalue weighted by atomic mass is 16.6. The fourth-order valence-corrected chi connectivity index (χ4v) is 1.77. The van der Waals surface area contributed by atoms with Gasteiger partial charge in [0.05, 0.1) is 16.2 Å². The minimum Gasteiger partial charge on any atom is -0.478 e. The molecule has 0 aliphatic rings. The molecule has 1 aromatic carbocycles. The lowest BCUT2D eigenvalue weighted by atomic mass is 10.2. The van der Waals surface area contributed by atoms with Gasteiger partial charge in [-0.3, -0.25) is 15.1 Å². The molecular formula is C14H13N3O4. The van der Waals surface area contributed by atoms with Crippen LogP contribution in [-0.4, -0.2) is 21.0 Å². The summed E-state index contributed by atoms with van der Waals surface area (Å²) in [5, 5.41) is 22.5. The Balaban J connectivity index is 1.90. The number of nitro groups is 1. The van der Waals surface area contributed by atoms with Crippen molar-refractivity contribution in [2.24, 2.45) is 0 Å². The van der Waals surface area contributed by atoms with E-state index in [1.807, 2.05) is 0 Å². The Morgan fingerprint density at radius 3 is 2.71 bits per heavy atom. The molecule has 0 atom stereocenters. The van der Waals surface area contributed by atoms with Crippen LogP contribution in [0.1, 0.15) is 21.6 Å². The summed E-state index contributed by atoms with van der Waals surface area (Å²) in [5.41, 5.74) is 1.69. The summed E-state index contributed by atoms with van der Waals surface area (Å²) in [6, 6.07) is 9.49. The maximum Gasteiger partial charge on any atom is 0.337 e. The molecule has 2 N–H and O–H groups in total. The third kappa shape index (κ3) is 4.08. The molecule has 21 heavy (non-hydrogen) atoms. The molecule has 0 bridgehead atoms. The molecule has 0 aliphatic carbocycles. The summed E-state index contributed by atoms with van der Waals surface area (Å²) >= 11 is 0. The van der Waals surface area contributed by atoms with Crippen molar-refractivity contribution < 1.29 is 14.8 Å². The molecule has 0 aliphatic heterocycles. The molecule has 0 amide bonds. The van der Waals surface area contributed by atoms with Crippen molar-refractivity contribution in [3.8, 4) is 0 Å². The number of aromatic carboxylic acids is 1. The lowest BCUT2D eigenvalue weighted by Gasteiger charge is -2.05. The topological polar surface area (TPSA) is 105 Å². The predicted octanol–water partition coefficient (Wildman–Crippen LogP) is 1.98. The predicted molar refractivity (Wildman–Crippen MR) is 74.8 cm³/mol. The average molecular weight is 287 g/mol. The van der Waals surface area contributed by atoms with E-state index < -0.39 is 10.9 Å². The SMILES string of the molecule is O=C(O)c1ccc(CNCc2cccc([N+](=O)[O-])c2)nc1. The van der Waals surface area contributed by atoms with Gasteiger partial charge in [0.1, 0.15) is 0 Å². The maximum absolute atomic E-state index is 10.7. The van der Waals surface area contributed by atoms with Gasteiger partial charge in [-0.2, -0.15) is 0 Å². The number of hydrogen-bond donors (Lipinski definition) is 2. The van der Waals surface area contributed by atoms with Gasteiger partial charge in [-0.25, -0.2) is 4.79 Å². The van der Waals surface area contributed by atoms with E-state index in [-0.39, 0.29) is 11.3 Å². The molecule has 0 fully saturated rings. The van der Waals surface area contributed by atoms with Gasteiger partial charge >= 0.3 is 5.97 Å². The number of pyridine rings is 1. The second-order valence-corrected chi connectivity index (χ2v) is 4.37. The smallest absolute Gasteiger partial charge is 0.337 e. The molecule has 108 valence electrons. The van der Waals surface area contributed by atoms with Crippen molar-refractivity contribution in [2.75, 3.05) is 0 Å². The Morgan fingerprint density at radius 1 is 1.29 bits per heavy atom. The Labute approximate surface area is 120 Å². The Morgan fingerprint density at radius 2 is 2.10 bits per heavy atom. The van der Waals surface area contributed by atoms with E-state index >= 15 is 0 Å². The van der Waals surface area contributed by atoms with Crippen LogP contribution in [0.3, 0.4) is 0 Å². The lowest BCUT2D eigenvalue weighted by molar-refractivity contribution is -0.384. The van der Waals surface area contributed by atoms with Crippen molar-refractivity contribution in [1.82, 2.24) is 10.3 Å². The number of nitrogens with zero attached hydrogens (tertiary/aromatic N) is 2. The highest BCUT2D eigenvalue weighted by Gasteiger charge is 2.06. The van der Waals surface area contributed by atoms with Crippen LogP contribution in [0, 0.1) is 10.1 Å². The summed E-state index contributed by atoms with van der Waals surface area (Å²) < 4.78 is 0. The minimum absolute atomic E-state index is 0.0539. The molecule has 0 unspecified atom stereocenters. The van der Waals surface area contributed by atoms with Gasteiger partial charge in [-0.05, 0) is 17.7 Å². The summed E-state index contributed by atoms with van der Waals surface area (Å²) in [6.07, 6.45) is 1.30. The van der Waals surface area contributed by atoms with Crippen LogP contribution in [0.5, 0.6) is 0 Å². The Kier molecular flexibility index (Phi) is 4.57. The van der Waals surface area contributed by atoms with Gasteiger partial charge in [0.15, 0.2) is 0 Å². The van der Waals surface area contributed by atoms with E-state index in [9.17, 15) is 14.9 Å². The maximum atomic E-state index is 10.7. The molecule has 7 nitrogen and oxygen atoms in total. The van der Waals surface area contributed by atoms with Gasteiger partial charge in [-0.1, -0.05) is 12.1 Å². The van der Waals surface area contributed by atoms with Crippen LogP contribution in [0.4, 0.5) is 5.69 Å². The minimum atomic E-state index is -1.02. The van der Waals surface area contributed by atoms with Crippen LogP contribution in [-0.2, 0) is 13.1 Å². The molecule has 1 heterocycles. The molecule has 7 heteroatoms. The Bertz CT molecular complexity index is 656. The quantitative estimate of drug-likeness (QED) is 0.621. The highest BCUT2D eigenvalue weighted by molar-refractivity contribution is 5.87. The van der Waals surface area contributed by atoms with Crippen molar-refractivity contribution in [1.29, 1.82) is 0 Å². The largest absolute Gasteiger partial charge is 0.478 e. The van der Waals surface area contributed by atoms with Crippen LogP contribution < -0.4 is 5.32 Å². The zero-order valence-corrected chi connectivity index (χ0v) is 11.0. The van der Waals surface area contributed by atoms with Gasteiger partial charge in [0.2, 0.25) is 0 Å². The van der Waals surface area contributed by atoms with Crippen molar-refractivity contribution >= 4 is 11.7 Å². The van der Waals surface area contributed by atoms with E-state index in [1.165, 1.54) is 24.4 Å². The molecule has 0 spiro atoms. The first kappa shape index (κ1) is 14.6. The molecule has 0 radical (unpaired) electrons. The van der Waals surface area contributed by atoms with Crippen LogP contribution in [0.25, 0.3) is 0 Å². The summed E-state index contributed by atoms with van der Waals surface area (Å²) in [6.45, 7) is 0.909. The number of carboxylic acids is 1. The van der Waals surface area contributed by atoms with E-state index in [2.05, 4.69) is 10.3 Å². The number of carboxylic acid groups (broad SMARTS) is 1. The van der Waals surface area contributed by atoms with E-state index in [1.54, 1.807) is 18.2 Å². The van der Waals surface area contributed by atoms with Gasteiger partial charge in [-0.15, -0.1) is 0 Å². The third-order valence-corrected chi connectivity index (χ3v) is 2.83. The second kappa shape index (κ2) is 6.58. The van der Waals surface area contributed by atoms with E-state index in [0.717, 1.165) is 5.56 Å². The van der Waals surface area contributed by atoms with Crippen molar-refractivity contribution in [2.45, 2.75) is 13.1 Å². The third-order valence-electron chi connectivity index (χ3n) is 2.83. The number of non-ortho nitro benzene ring substituents is 1. The van der Waals surface area contributed by atoms with Gasteiger partial charge in [0, 0.05) is 31.4 Å². The van der Waals surface area contributed by atoms with Crippen LogP contribution in [0.15, 0.2) is 42.6 Å². The summed E-state index contributed by atoms with van der Waals surface area (Å²) in [5.74, 6) is -1.02. The highest BCUT2D eigenvalue weighted by Crippen LogP contribution is 2.12. The summed E-state index contributed by atoms with van der Waals surface area (Å²) in [7, 11) is 0. The number of carbonyl (C=O) groups is 1. The number of aromatic nitrogens is 1. The van der Waals surface area contributed by atoms with Crippen molar-refractivity contribution in [3.63, 3.8) is 0 Å². The van der Waals surface area contributed by atoms with Crippen molar-refractivity contribution in [3.05, 3.63) is 69.5 Å². The normalized spacial score (nSPS) is 10.3.